The van der Waals surface area contributed by atoms with E-state index in [1.807, 2.05) is 0 Å². The third kappa shape index (κ3) is 2.67. The molecule has 8 nitrogen and oxygen atoms in total. The standard InChI is InChI=1S/C23H26O8/c1-11(2)19(26)28-9-22-8-14(24)13(5)7-15(22)30-18-16(25)17(31-20(27)12(3)4)21(22,6)23(18)10-29-23/h7,15,17-18H,1,3,8-10H2,2,4-6H3/t15?,17-,18?,21-,22-,23?/m1/s1. The van der Waals surface area contributed by atoms with Crippen molar-refractivity contribution in [2.24, 2.45) is 10.8 Å². The zero-order valence-electron chi connectivity index (χ0n) is 18.1. The summed E-state index contributed by atoms with van der Waals surface area (Å²) >= 11 is 0. The van der Waals surface area contributed by atoms with Crippen molar-refractivity contribution in [2.45, 2.75) is 58.0 Å². The molecule has 8 heteroatoms. The van der Waals surface area contributed by atoms with E-state index in [-0.39, 0.29) is 36.6 Å². The van der Waals surface area contributed by atoms with Gasteiger partial charge in [0.05, 0.1) is 23.5 Å². The maximum absolute atomic E-state index is 13.4. The minimum absolute atomic E-state index is 0.0494. The van der Waals surface area contributed by atoms with Crippen molar-refractivity contribution in [1.29, 1.82) is 0 Å². The Kier molecular flexibility index (Phi) is 4.68. The molecule has 3 unspecified atom stereocenters. The van der Waals surface area contributed by atoms with E-state index in [1.165, 1.54) is 13.8 Å². The second-order valence-corrected chi connectivity index (χ2v) is 9.25. The van der Waals surface area contributed by atoms with Crippen LogP contribution in [0.1, 0.15) is 34.1 Å². The highest BCUT2D eigenvalue weighted by atomic mass is 16.6. The largest absolute Gasteiger partial charge is 0.462 e. The van der Waals surface area contributed by atoms with Gasteiger partial charge in [0.15, 0.2) is 18.0 Å². The molecule has 4 rings (SSSR count). The van der Waals surface area contributed by atoms with Crippen molar-refractivity contribution in [2.75, 3.05) is 13.2 Å². The first-order chi connectivity index (χ1) is 14.4. The molecular formula is C23H26O8. The molecule has 4 aliphatic rings. The lowest BCUT2D eigenvalue weighted by atomic mass is 9.51. The van der Waals surface area contributed by atoms with Crippen LogP contribution in [0.4, 0.5) is 0 Å². The van der Waals surface area contributed by atoms with Crippen LogP contribution in [0.15, 0.2) is 36.0 Å². The molecule has 2 heterocycles. The fraction of sp³-hybridized carbons (Fsp3) is 0.565. The van der Waals surface area contributed by atoms with Crippen LogP contribution in [-0.4, -0.2) is 60.6 Å². The summed E-state index contributed by atoms with van der Waals surface area (Å²) in [6.07, 6.45) is -1.28. The second-order valence-electron chi connectivity index (χ2n) is 9.25. The molecule has 2 bridgehead atoms. The predicted molar refractivity (Wildman–Crippen MR) is 107 cm³/mol. The monoisotopic (exact) mass is 430 g/mol. The zero-order chi connectivity index (χ0) is 22.9. The number of ketones is 2. The summed E-state index contributed by atoms with van der Waals surface area (Å²) in [5.74, 6) is -1.93. The molecule has 0 aromatic heterocycles. The molecule has 31 heavy (non-hydrogen) atoms. The Bertz CT molecular complexity index is 970. The van der Waals surface area contributed by atoms with Gasteiger partial charge >= 0.3 is 11.9 Å². The Morgan fingerprint density at radius 1 is 1.19 bits per heavy atom. The number of epoxide rings is 1. The molecule has 6 atom stereocenters. The molecule has 2 saturated heterocycles. The summed E-state index contributed by atoms with van der Waals surface area (Å²) < 4.78 is 23.2. The smallest absolute Gasteiger partial charge is 0.333 e. The molecular weight excluding hydrogens is 404 g/mol. The Balaban J connectivity index is 1.86. The van der Waals surface area contributed by atoms with Gasteiger partial charge in [0.2, 0.25) is 5.78 Å². The number of esters is 2. The minimum Gasteiger partial charge on any atom is -0.462 e. The van der Waals surface area contributed by atoms with Gasteiger partial charge in [-0.25, -0.2) is 9.59 Å². The predicted octanol–water partition coefficient (Wildman–Crippen LogP) is 1.62. The highest BCUT2D eigenvalue weighted by Gasteiger charge is 2.86. The zero-order valence-corrected chi connectivity index (χ0v) is 18.1. The number of hydrogen-bond acceptors (Lipinski definition) is 8. The summed E-state index contributed by atoms with van der Waals surface area (Å²) in [5.41, 5.74) is -2.56. The van der Waals surface area contributed by atoms with Crippen molar-refractivity contribution in [3.63, 3.8) is 0 Å². The van der Waals surface area contributed by atoms with E-state index in [9.17, 15) is 19.2 Å². The lowest BCUT2D eigenvalue weighted by molar-refractivity contribution is -0.230. The summed E-state index contributed by atoms with van der Waals surface area (Å²) in [5, 5.41) is 0. The maximum atomic E-state index is 13.4. The Morgan fingerprint density at radius 3 is 2.35 bits per heavy atom. The topological polar surface area (TPSA) is 109 Å². The Labute approximate surface area is 180 Å². The van der Waals surface area contributed by atoms with Gasteiger partial charge in [-0.1, -0.05) is 20.1 Å². The molecule has 0 radical (unpaired) electrons. The van der Waals surface area contributed by atoms with E-state index in [2.05, 4.69) is 13.2 Å². The molecule has 166 valence electrons. The van der Waals surface area contributed by atoms with Crippen molar-refractivity contribution >= 4 is 23.5 Å². The average molecular weight is 430 g/mol. The van der Waals surface area contributed by atoms with Gasteiger partial charge in [0.25, 0.3) is 0 Å². The number of rotatable bonds is 5. The number of carbonyl (C=O) groups excluding carboxylic acids is 4. The van der Waals surface area contributed by atoms with Crippen molar-refractivity contribution in [3.8, 4) is 0 Å². The lowest BCUT2D eigenvalue weighted by Gasteiger charge is -2.57. The summed E-state index contributed by atoms with van der Waals surface area (Å²) in [6, 6.07) is 0. The first-order valence-corrected chi connectivity index (χ1v) is 10.2. The van der Waals surface area contributed by atoms with Crippen molar-refractivity contribution in [1.82, 2.24) is 0 Å². The number of Topliss-reactive ketones (excluding diaryl/α,β-unsaturated/α-hetero) is 2. The second kappa shape index (κ2) is 6.71. The molecule has 0 amide bonds. The van der Waals surface area contributed by atoms with Crippen LogP contribution in [0, 0.1) is 10.8 Å². The SMILES string of the molecule is C=C(C)C(=O)OC[C@]12CC(=O)C(C)=CC1OC1C(=O)[C@@H](OC(=O)C(=C)C)[C@@]2(C)C12CO2. The van der Waals surface area contributed by atoms with Gasteiger partial charge in [0, 0.05) is 17.6 Å². The Hall–Kier alpha value is -2.58. The summed E-state index contributed by atoms with van der Waals surface area (Å²) in [4.78, 5) is 50.9. The normalized spacial score (nSPS) is 40.1. The first kappa shape index (κ1) is 21.6. The highest BCUT2D eigenvalue weighted by Crippen LogP contribution is 2.70. The van der Waals surface area contributed by atoms with Gasteiger partial charge in [-0.05, 0) is 32.4 Å². The number of fused-ring (bicyclic) bond motifs is 2. The number of ether oxygens (including phenoxy) is 4. The van der Waals surface area contributed by atoms with E-state index in [0.717, 1.165) is 0 Å². The molecule has 0 aromatic rings. The van der Waals surface area contributed by atoms with Crippen LogP contribution in [0.5, 0.6) is 0 Å². The third-order valence-electron chi connectivity index (χ3n) is 7.36. The molecule has 0 N–H and O–H groups in total. The summed E-state index contributed by atoms with van der Waals surface area (Å²) in [7, 11) is 0. The number of carbonyl (C=O) groups is 4. The fourth-order valence-corrected chi connectivity index (χ4v) is 5.32. The van der Waals surface area contributed by atoms with Gasteiger partial charge in [0.1, 0.15) is 12.2 Å². The molecule has 1 saturated carbocycles. The van der Waals surface area contributed by atoms with Crippen LogP contribution in [0.25, 0.3) is 0 Å². The van der Waals surface area contributed by atoms with Gasteiger partial charge < -0.3 is 18.9 Å². The lowest BCUT2D eigenvalue weighted by Crippen LogP contribution is -2.67. The van der Waals surface area contributed by atoms with Crippen LogP contribution in [-0.2, 0) is 38.1 Å². The first-order valence-electron chi connectivity index (χ1n) is 10.2. The van der Waals surface area contributed by atoms with Crippen molar-refractivity contribution < 1.29 is 38.1 Å². The van der Waals surface area contributed by atoms with E-state index >= 15 is 0 Å². The van der Waals surface area contributed by atoms with Crippen LogP contribution in [0.2, 0.25) is 0 Å². The van der Waals surface area contributed by atoms with Crippen LogP contribution < -0.4 is 0 Å². The maximum Gasteiger partial charge on any atom is 0.333 e. The molecule has 2 aliphatic carbocycles. The van der Waals surface area contributed by atoms with Gasteiger partial charge in [-0.3, -0.25) is 9.59 Å². The van der Waals surface area contributed by atoms with E-state index in [1.54, 1.807) is 19.9 Å². The fourth-order valence-electron chi connectivity index (χ4n) is 5.32. The number of hydrogen-bond donors (Lipinski definition) is 0. The average Bonchev–Trinajstić information content (AvgIpc) is 3.48. The molecule has 0 aromatic carbocycles. The van der Waals surface area contributed by atoms with E-state index in [4.69, 9.17) is 18.9 Å². The van der Waals surface area contributed by atoms with Crippen LogP contribution >= 0.6 is 0 Å². The summed E-state index contributed by atoms with van der Waals surface area (Å²) in [6.45, 7) is 13.6. The number of allylic oxidation sites excluding steroid dienone is 1. The third-order valence-corrected chi connectivity index (χ3v) is 7.36. The Morgan fingerprint density at radius 2 is 1.81 bits per heavy atom. The van der Waals surface area contributed by atoms with Crippen molar-refractivity contribution in [3.05, 3.63) is 36.0 Å². The van der Waals surface area contributed by atoms with Gasteiger partial charge in [-0.2, -0.15) is 0 Å². The molecule has 2 aliphatic heterocycles. The van der Waals surface area contributed by atoms with Crippen LogP contribution in [0.3, 0.4) is 0 Å². The molecule has 3 fully saturated rings. The quantitative estimate of drug-likeness (QED) is 0.368. The van der Waals surface area contributed by atoms with E-state index in [0.29, 0.717) is 5.57 Å². The minimum atomic E-state index is -1.24. The molecule has 1 spiro atoms. The van der Waals surface area contributed by atoms with Gasteiger partial charge in [-0.15, -0.1) is 0 Å². The van der Waals surface area contributed by atoms with E-state index < -0.39 is 52.5 Å². The highest BCUT2D eigenvalue weighted by molar-refractivity contribution is 6.00.